The molecule has 3 N–H and O–H groups in total. The molecule has 0 saturated carbocycles. The number of ether oxygens (including phenoxy) is 1. The molecule has 0 spiro atoms. The normalized spacial score (nSPS) is 23.9. The zero-order valence-electron chi connectivity index (χ0n) is 10.9. The number of morpholine rings is 1. The molecule has 5 nitrogen and oxygen atoms in total. The number of hydrogen-bond donors (Lipinski definition) is 2. The van der Waals surface area contributed by atoms with Gasteiger partial charge < -0.3 is 20.5 Å². The second kappa shape index (κ2) is 5.45. The summed E-state index contributed by atoms with van der Waals surface area (Å²) in [6.45, 7) is 2.22. The highest BCUT2D eigenvalue weighted by Crippen LogP contribution is 2.34. The number of aliphatic hydroxyl groups excluding tert-OH is 1. The zero-order valence-corrected chi connectivity index (χ0v) is 10.9. The van der Waals surface area contributed by atoms with Crippen molar-refractivity contribution in [1.82, 2.24) is 4.98 Å². The second-order valence-electron chi connectivity index (χ2n) is 4.77. The molecule has 1 aromatic heterocycles. The minimum absolute atomic E-state index is 0.136. The minimum atomic E-state index is -4.52. The number of anilines is 2. The average molecular weight is 291 g/mol. The Labute approximate surface area is 114 Å². The number of nitrogens with two attached hydrogens (primary N) is 1. The first-order valence-electron chi connectivity index (χ1n) is 6.14. The monoisotopic (exact) mass is 291 g/mol. The van der Waals surface area contributed by atoms with Gasteiger partial charge in [-0.15, -0.1) is 0 Å². The lowest BCUT2D eigenvalue weighted by Crippen LogP contribution is -2.50. The number of nitrogen functional groups attached to an aromatic ring is 1. The van der Waals surface area contributed by atoms with Crippen molar-refractivity contribution in [3.63, 3.8) is 0 Å². The summed E-state index contributed by atoms with van der Waals surface area (Å²) in [6, 6.07) is 0.801. The average Bonchev–Trinajstić information content (AvgIpc) is 2.39. The number of nitrogens with zero attached hydrogens (tertiary/aromatic N) is 2. The lowest BCUT2D eigenvalue weighted by Gasteiger charge is -2.39. The molecule has 1 aromatic rings. The molecule has 0 aliphatic carbocycles. The van der Waals surface area contributed by atoms with E-state index in [2.05, 4.69) is 4.98 Å². The Morgan fingerprint density at radius 1 is 1.55 bits per heavy atom. The van der Waals surface area contributed by atoms with Crippen LogP contribution in [0.15, 0.2) is 12.3 Å². The van der Waals surface area contributed by atoms with E-state index in [4.69, 9.17) is 15.6 Å². The summed E-state index contributed by atoms with van der Waals surface area (Å²) in [4.78, 5) is 5.02. The van der Waals surface area contributed by atoms with Crippen LogP contribution in [0.25, 0.3) is 0 Å². The van der Waals surface area contributed by atoms with Crippen LogP contribution in [0.1, 0.15) is 12.6 Å². The lowest BCUT2D eigenvalue weighted by atomic mass is 10.1. The quantitative estimate of drug-likeness (QED) is 0.858. The van der Waals surface area contributed by atoms with E-state index in [0.29, 0.717) is 6.61 Å². The maximum atomic E-state index is 12.7. The molecular formula is C12H16F3N3O2. The molecule has 112 valence electrons. The van der Waals surface area contributed by atoms with Crippen molar-refractivity contribution in [1.29, 1.82) is 0 Å². The number of aromatic nitrogens is 1. The van der Waals surface area contributed by atoms with E-state index < -0.39 is 18.0 Å². The predicted octanol–water partition coefficient (Wildman–Crippen LogP) is 1.27. The predicted molar refractivity (Wildman–Crippen MR) is 67.3 cm³/mol. The largest absolute Gasteiger partial charge is 0.433 e. The molecule has 2 atom stereocenters. The zero-order chi connectivity index (χ0) is 14.9. The van der Waals surface area contributed by atoms with Gasteiger partial charge in [-0.05, 0) is 13.0 Å². The summed E-state index contributed by atoms with van der Waals surface area (Å²) in [5.74, 6) is 0. The fraction of sp³-hybridized carbons (Fsp3) is 0.583. The first-order valence-corrected chi connectivity index (χ1v) is 6.14. The van der Waals surface area contributed by atoms with E-state index in [1.807, 2.05) is 6.92 Å². The van der Waals surface area contributed by atoms with Crippen LogP contribution in [-0.4, -0.2) is 42.0 Å². The Morgan fingerprint density at radius 2 is 2.25 bits per heavy atom. The summed E-state index contributed by atoms with van der Waals surface area (Å²) >= 11 is 0. The van der Waals surface area contributed by atoms with Gasteiger partial charge in [0.15, 0.2) is 0 Å². The van der Waals surface area contributed by atoms with Gasteiger partial charge >= 0.3 is 6.18 Å². The highest BCUT2D eigenvalue weighted by atomic mass is 19.4. The summed E-state index contributed by atoms with van der Waals surface area (Å²) in [5, 5.41) is 9.12. The summed E-state index contributed by atoms with van der Waals surface area (Å²) < 4.78 is 43.5. The Morgan fingerprint density at radius 3 is 2.85 bits per heavy atom. The van der Waals surface area contributed by atoms with E-state index in [1.165, 1.54) is 0 Å². The molecule has 8 heteroatoms. The van der Waals surface area contributed by atoms with Crippen molar-refractivity contribution in [3.05, 3.63) is 18.0 Å². The van der Waals surface area contributed by atoms with Crippen LogP contribution in [-0.2, 0) is 10.9 Å². The lowest BCUT2D eigenvalue weighted by molar-refractivity contribution is -0.141. The van der Waals surface area contributed by atoms with Crippen LogP contribution >= 0.6 is 0 Å². The number of rotatable bonds is 2. The van der Waals surface area contributed by atoms with Gasteiger partial charge in [-0.2, -0.15) is 13.2 Å². The third kappa shape index (κ3) is 2.96. The Kier molecular flexibility index (Phi) is 4.05. The van der Waals surface area contributed by atoms with Gasteiger partial charge in [-0.1, -0.05) is 0 Å². The molecular weight excluding hydrogens is 275 g/mol. The molecule has 0 radical (unpaired) electrons. The SMILES string of the molecule is CC1COC(CO)CN1c1cc(C(F)(F)F)ncc1N. The molecule has 1 saturated heterocycles. The molecule has 0 bridgehead atoms. The maximum Gasteiger partial charge on any atom is 0.433 e. The van der Waals surface area contributed by atoms with E-state index >= 15 is 0 Å². The van der Waals surface area contributed by atoms with Crippen LogP contribution in [0.4, 0.5) is 24.5 Å². The fourth-order valence-electron chi connectivity index (χ4n) is 2.12. The van der Waals surface area contributed by atoms with Crippen LogP contribution in [0.3, 0.4) is 0 Å². The van der Waals surface area contributed by atoms with Crippen LogP contribution < -0.4 is 10.6 Å². The number of aliphatic hydroxyl groups is 1. The molecule has 20 heavy (non-hydrogen) atoms. The van der Waals surface area contributed by atoms with E-state index in [1.54, 1.807) is 4.90 Å². The van der Waals surface area contributed by atoms with E-state index in [0.717, 1.165) is 12.3 Å². The van der Waals surface area contributed by atoms with E-state index in [-0.39, 0.29) is 30.6 Å². The summed E-state index contributed by atoms with van der Waals surface area (Å²) in [5.41, 5.74) is 5.19. The molecule has 1 aliphatic heterocycles. The van der Waals surface area contributed by atoms with Gasteiger partial charge in [0.25, 0.3) is 0 Å². The summed E-state index contributed by atoms with van der Waals surface area (Å²) in [6.07, 6.45) is -3.95. The van der Waals surface area contributed by atoms with Crippen molar-refractivity contribution in [3.8, 4) is 0 Å². The van der Waals surface area contributed by atoms with Gasteiger partial charge in [0.05, 0.1) is 36.9 Å². The van der Waals surface area contributed by atoms with Crippen molar-refractivity contribution in [2.24, 2.45) is 0 Å². The number of alkyl halides is 3. The molecule has 0 amide bonds. The van der Waals surface area contributed by atoms with Crippen LogP contribution in [0.2, 0.25) is 0 Å². The smallest absolute Gasteiger partial charge is 0.396 e. The van der Waals surface area contributed by atoms with Gasteiger partial charge in [-0.3, -0.25) is 0 Å². The molecule has 2 unspecified atom stereocenters. The molecule has 0 aromatic carbocycles. The standard InChI is InChI=1S/C12H16F3N3O2/c1-7-6-20-8(5-19)4-18(7)10-2-11(12(13,14)15)17-3-9(10)16/h2-3,7-8,19H,4-6,16H2,1H3. The topological polar surface area (TPSA) is 71.6 Å². The number of pyridine rings is 1. The van der Waals surface area contributed by atoms with Crippen LogP contribution in [0.5, 0.6) is 0 Å². The van der Waals surface area contributed by atoms with Gasteiger partial charge in [0.1, 0.15) is 5.69 Å². The van der Waals surface area contributed by atoms with Crippen molar-refractivity contribution in [2.45, 2.75) is 25.2 Å². The molecule has 1 aliphatic rings. The highest BCUT2D eigenvalue weighted by Gasteiger charge is 2.35. The third-order valence-corrected chi connectivity index (χ3v) is 3.22. The minimum Gasteiger partial charge on any atom is -0.396 e. The number of hydrogen-bond acceptors (Lipinski definition) is 5. The summed E-state index contributed by atoms with van der Waals surface area (Å²) in [7, 11) is 0. The van der Waals surface area contributed by atoms with Gasteiger partial charge in [0.2, 0.25) is 0 Å². The van der Waals surface area contributed by atoms with E-state index in [9.17, 15) is 13.2 Å². The molecule has 2 heterocycles. The van der Waals surface area contributed by atoms with Crippen molar-refractivity contribution < 1.29 is 23.0 Å². The van der Waals surface area contributed by atoms with Gasteiger partial charge in [-0.25, -0.2) is 4.98 Å². The van der Waals surface area contributed by atoms with Crippen LogP contribution in [0, 0.1) is 0 Å². The second-order valence-corrected chi connectivity index (χ2v) is 4.77. The van der Waals surface area contributed by atoms with Crippen molar-refractivity contribution in [2.75, 3.05) is 30.4 Å². The van der Waals surface area contributed by atoms with Crippen molar-refractivity contribution >= 4 is 11.4 Å². The van der Waals surface area contributed by atoms with Gasteiger partial charge in [0, 0.05) is 12.6 Å². The number of halogens is 3. The maximum absolute atomic E-state index is 12.7. The Bertz CT molecular complexity index is 482. The first-order chi connectivity index (χ1) is 9.32. The first kappa shape index (κ1) is 14.9. The highest BCUT2D eigenvalue weighted by molar-refractivity contribution is 5.67. The third-order valence-electron chi connectivity index (χ3n) is 3.22. The fourth-order valence-corrected chi connectivity index (χ4v) is 2.12. The molecule has 2 rings (SSSR count). The Balaban J connectivity index is 2.35. The molecule has 1 fully saturated rings. The Hall–Kier alpha value is -1.54.